The summed E-state index contributed by atoms with van der Waals surface area (Å²) in [6, 6.07) is 5.54. The summed E-state index contributed by atoms with van der Waals surface area (Å²) in [6.45, 7) is 6.80. The standard InChI is InChI=1S/C16H23F3N2O/c1-4-20-12(3)10-21-15(22)9-11(2)13-7-5-6-8-14(13)16(17,18)19/h5-8,11-12,20H,4,9-10H2,1-3H3,(H,21,22)/t11?,12-/m1/s1. The van der Waals surface area contributed by atoms with Crippen LogP contribution < -0.4 is 10.6 Å². The Bertz CT molecular complexity index is 489. The highest BCUT2D eigenvalue weighted by Gasteiger charge is 2.34. The van der Waals surface area contributed by atoms with Gasteiger partial charge >= 0.3 is 6.18 Å². The van der Waals surface area contributed by atoms with E-state index in [1.807, 2.05) is 13.8 Å². The summed E-state index contributed by atoms with van der Waals surface area (Å²) in [5.74, 6) is -0.735. The number of alkyl halides is 3. The Kier molecular flexibility index (Phi) is 6.87. The van der Waals surface area contributed by atoms with Gasteiger partial charge in [0.15, 0.2) is 0 Å². The van der Waals surface area contributed by atoms with E-state index in [4.69, 9.17) is 0 Å². The third kappa shape index (κ3) is 5.67. The number of rotatable bonds is 7. The number of hydrogen-bond donors (Lipinski definition) is 2. The van der Waals surface area contributed by atoms with Crippen LogP contribution in [0.1, 0.15) is 44.2 Å². The van der Waals surface area contributed by atoms with E-state index in [9.17, 15) is 18.0 Å². The lowest BCUT2D eigenvalue weighted by molar-refractivity contribution is -0.138. The van der Waals surface area contributed by atoms with Gasteiger partial charge in [-0.1, -0.05) is 32.0 Å². The zero-order valence-corrected chi connectivity index (χ0v) is 13.1. The minimum absolute atomic E-state index is 0.0337. The van der Waals surface area contributed by atoms with Crippen LogP contribution in [0, 0.1) is 0 Å². The summed E-state index contributed by atoms with van der Waals surface area (Å²) < 4.78 is 38.9. The fourth-order valence-corrected chi connectivity index (χ4v) is 2.33. The molecule has 0 bridgehead atoms. The molecule has 1 aromatic rings. The van der Waals surface area contributed by atoms with Crippen LogP contribution in [0.25, 0.3) is 0 Å². The van der Waals surface area contributed by atoms with Gasteiger partial charge in [0.1, 0.15) is 0 Å². The third-order valence-corrected chi connectivity index (χ3v) is 3.45. The largest absolute Gasteiger partial charge is 0.416 e. The number of hydrogen-bond acceptors (Lipinski definition) is 2. The fourth-order valence-electron chi connectivity index (χ4n) is 2.33. The van der Waals surface area contributed by atoms with Crippen molar-refractivity contribution < 1.29 is 18.0 Å². The predicted octanol–water partition coefficient (Wildman–Crippen LogP) is 3.31. The Morgan fingerprint density at radius 2 is 1.86 bits per heavy atom. The number of likely N-dealkylation sites (N-methyl/N-ethyl adjacent to an activating group) is 1. The average molecular weight is 316 g/mol. The van der Waals surface area contributed by atoms with Gasteiger partial charge in [-0.05, 0) is 31.0 Å². The zero-order chi connectivity index (χ0) is 16.8. The first kappa shape index (κ1) is 18.5. The van der Waals surface area contributed by atoms with E-state index >= 15 is 0 Å². The van der Waals surface area contributed by atoms with Crippen LogP contribution in [0.3, 0.4) is 0 Å². The van der Waals surface area contributed by atoms with E-state index in [1.165, 1.54) is 12.1 Å². The highest BCUT2D eigenvalue weighted by atomic mass is 19.4. The molecule has 0 aliphatic carbocycles. The van der Waals surface area contributed by atoms with Crippen molar-refractivity contribution in [3.8, 4) is 0 Å². The van der Waals surface area contributed by atoms with Gasteiger partial charge in [-0.15, -0.1) is 0 Å². The summed E-state index contributed by atoms with van der Waals surface area (Å²) >= 11 is 0. The molecule has 0 aromatic heterocycles. The Morgan fingerprint density at radius 1 is 1.23 bits per heavy atom. The second kappa shape index (κ2) is 8.17. The van der Waals surface area contributed by atoms with Crippen molar-refractivity contribution in [3.63, 3.8) is 0 Å². The summed E-state index contributed by atoms with van der Waals surface area (Å²) in [6.07, 6.45) is -4.37. The van der Waals surface area contributed by atoms with E-state index in [1.54, 1.807) is 13.0 Å². The van der Waals surface area contributed by atoms with Crippen LogP contribution in [0.2, 0.25) is 0 Å². The molecule has 2 atom stereocenters. The molecule has 1 rings (SSSR count). The van der Waals surface area contributed by atoms with Crippen LogP contribution in [-0.2, 0) is 11.0 Å². The lowest BCUT2D eigenvalue weighted by Crippen LogP contribution is -2.39. The van der Waals surface area contributed by atoms with Gasteiger partial charge in [-0.25, -0.2) is 0 Å². The van der Waals surface area contributed by atoms with Crippen LogP contribution >= 0.6 is 0 Å². The minimum atomic E-state index is -4.40. The van der Waals surface area contributed by atoms with Crippen molar-refractivity contribution in [1.82, 2.24) is 10.6 Å². The monoisotopic (exact) mass is 316 g/mol. The maximum Gasteiger partial charge on any atom is 0.416 e. The normalized spacial score (nSPS) is 14.5. The van der Waals surface area contributed by atoms with E-state index in [-0.39, 0.29) is 23.9 Å². The summed E-state index contributed by atoms with van der Waals surface area (Å²) in [5, 5.41) is 5.89. The van der Waals surface area contributed by atoms with Crippen molar-refractivity contribution in [2.75, 3.05) is 13.1 Å². The van der Waals surface area contributed by atoms with Crippen LogP contribution in [0.5, 0.6) is 0 Å². The minimum Gasteiger partial charge on any atom is -0.355 e. The Labute approximate surface area is 129 Å². The van der Waals surface area contributed by atoms with Crippen LogP contribution in [0.15, 0.2) is 24.3 Å². The first-order chi connectivity index (χ1) is 10.3. The number of benzene rings is 1. The van der Waals surface area contributed by atoms with Gasteiger partial charge in [0.2, 0.25) is 5.91 Å². The van der Waals surface area contributed by atoms with Crippen LogP contribution in [-0.4, -0.2) is 25.0 Å². The number of halogens is 3. The van der Waals surface area contributed by atoms with Gasteiger partial charge in [-0.2, -0.15) is 13.2 Å². The molecule has 1 amide bonds. The molecule has 22 heavy (non-hydrogen) atoms. The van der Waals surface area contributed by atoms with E-state index in [0.717, 1.165) is 12.6 Å². The number of carbonyl (C=O) groups excluding carboxylic acids is 1. The van der Waals surface area contributed by atoms with Gasteiger partial charge < -0.3 is 10.6 Å². The topological polar surface area (TPSA) is 41.1 Å². The van der Waals surface area contributed by atoms with Crippen molar-refractivity contribution in [3.05, 3.63) is 35.4 Å². The lowest BCUT2D eigenvalue weighted by Gasteiger charge is -2.19. The first-order valence-corrected chi connectivity index (χ1v) is 7.41. The molecule has 124 valence electrons. The highest BCUT2D eigenvalue weighted by molar-refractivity contribution is 5.76. The van der Waals surface area contributed by atoms with Gasteiger partial charge in [-0.3, -0.25) is 4.79 Å². The molecule has 0 aliphatic rings. The van der Waals surface area contributed by atoms with E-state index < -0.39 is 17.7 Å². The molecule has 0 radical (unpaired) electrons. The summed E-state index contributed by atoms with van der Waals surface area (Å²) in [5.41, 5.74) is -0.513. The first-order valence-electron chi connectivity index (χ1n) is 7.41. The second-order valence-electron chi connectivity index (χ2n) is 5.45. The quantitative estimate of drug-likeness (QED) is 0.810. The van der Waals surface area contributed by atoms with E-state index in [0.29, 0.717) is 6.54 Å². The summed E-state index contributed by atoms with van der Waals surface area (Å²) in [7, 11) is 0. The van der Waals surface area contributed by atoms with Gasteiger partial charge in [0, 0.05) is 19.0 Å². The van der Waals surface area contributed by atoms with Gasteiger partial charge in [0.05, 0.1) is 5.56 Å². The molecular weight excluding hydrogens is 293 g/mol. The number of carbonyl (C=O) groups is 1. The van der Waals surface area contributed by atoms with Crippen molar-refractivity contribution >= 4 is 5.91 Å². The molecule has 0 spiro atoms. The third-order valence-electron chi connectivity index (χ3n) is 3.45. The molecule has 0 fully saturated rings. The zero-order valence-electron chi connectivity index (χ0n) is 13.1. The predicted molar refractivity (Wildman–Crippen MR) is 80.6 cm³/mol. The molecular formula is C16H23F3N2O. The van der Waals surface area contributed by atoms with Crippen molar-refractivity contribution in [1.29, 1.82) is 0 Å². The van der Waals surface area contributed by atoms with Crippen LogP contribution in [0.4, 0.5) is 13.2 Å². The maximum atomic E-state index is 13.0. The molecule has 2 N–H and O–H groups in total. The molecule has 1 unspecified atom stereocenters. The molecule has 6 heteroatoms. The number of nitrogens with one attached hydrogen (secondary N) is 2. The molecule has 0 aliphatic heterocycles. The SMILES string of the molecule is CCN[C@H](C)CNC(=O)CC(C)c1ccccc1C(F)(F)F. The average Bonchev–Trinajstić information content (AvgIpc) is 2.44. The highest BCUT2D eigenvalue weighted by Crippen LogP contribution is 2.35. The summed E-state index contributed by atoms with van der Waals surface area (Å²) in [4.78, 5) is 11.9. The van der Waals surface area contributed by atoms with E-state index in [2.05, 4.69) is 10.6 Å². The van der Waals surface area contributed by atoms with Gasteiger partial charge in [0.25, 0.3) is 0 Å². The second-order valence-corrected chi connectivity index (χ2v) is 5.45. The van der Waals surface area contributed by atoms with Crippen molar-refractivity contribution in [2.45, 2.75) is 45.3 Å². The number of amides is 1. The fraction of sp³-hybridized carbons (Fsp3) is 0.562. The van der Waals surface area contributed by atoms with Crippen molar-refractivity contribution in [2.24, 2.45) is 0 Å². The Balaban J connectivity index is 2.66. The molecule has 3 nitrogen and oxygen atoms in total. The Morgan fingerprint density at radius 3 is 2.45 bits per heavy atom. The smallest absolute Gasteiger partial charge is 0.355 e. The maximum absolute atomic E-state index is 13.0. The Hall–Kier alpha value is -1.56. The molecule has 0 saturated carbocycles. The molecule has 1 aromatic carbocycles. The lowest BCUT2D eigenvalue weighted by atomic mass is 9.92. The molecule has 0 heterocycles. The molecule has 0 saturated heterocycles.